The molecule has 2 aromatic rings. The van der Waals surface area contributed by atoms with Crippen LogP contribution in [0, 0.1) is 0 Å². The van der Waals surface area contributed by atoms with E-state index in [-0.39, 0.29) is 22.3 Å². The highest BCUT2D eigenvalue weighted by Crippen LogP contribution is 2.22. The Bertz CT molecular complexity index is 893. The zero-order valence-corrected chi connectivity index (χ0v) is 17.9. The normalized spacial score (nSPS) is 13.8. The minimum absolute atomic E-state index is 0.0359. The molecule has 2 N–H and O–H groups in total. The Morgan fingerprint density at radius 2 is 1.45 bits per heavy atom. The summed E-state index contributed by atoms with van der Waals surface area (Å²) in [6.07, 6.45) is 2.14. The van der Waals surface area contributed by atoms with Gasteiger partial charge in [-0.25, -0.2) is 0 Å². The van der Waals surface area contributed by atoms with Crippen LogP contribution in [-0.2, 0) is 5.41 Å². The summed E-state index contributed by atoms with van der Waals surface area (Å²) in [5.41, 5.74) is 3.13. The van der Waals surface area contributed by atoms with Crippen LogP contribution in [0.2, 0.25) is 0 Å². The molecule has 1 heterocycles. The van der Waals surface area contributed by atoms with E-state index in [0.29, 0.717) is 11.1 Å². The molecule has 2 amide bonds. The standard InChI is InChI=1S/C23H27N3O2S/c1-23(2,3)18-10-6-16(7-11-18)20(27)25-22(29)24-19-12-8-17(9-13-19)21(28)26-14-4-5-15-26/h6-13H,4-5,14-15H2,1-3H3,(H2,24,25,27,29). The molecule has 152 valence electrons. The average molecular weight is 410 g/mol. The number of carbonyl (C=O) groups excluding carboxylic acids is 2. The molecule has 0 spiro atoms. The summed E-state index contributed by atoms with van der Waals surface area (Å²) in [5.74, 6) is -0.201. The van der Waals surface area contributed by atoms with Gasteiger partial charge in [0.05, 0.1) is 0 Å². The van der Waals surface area contributed by atoms with Gasteiger partial charge >= 0.3 is 0 Å². The van der Waals surface area contributed by atoms with Crippen molar-refractivity contribution in [1.82, 2.24) is 10.2 Å². The second kappa shape index (κ2) is 8.74. The van der Waals surface area contributed by atoms with E-state index in [0.717, 1.165) is 31.6 Å². The van der Waals surface area contributed by atoms with Gasteiger partial charge in [-0.3, -0.25) is 14.9 Å². The van der Waals surface area contributed by atoms with E-state index in [1.54, 1.807) is 36.4 Å². The van der Waals surface area contributed by atoms with Gasteiger partial charge in [-0.15, -0.1) is 0 Å². The van der Waals surface area contributed by atoms with Crippen LogP contribution in [0.3, 0.4) is 0 Å². The topological polar surface area (TPSA) is 61.4 Å². The van der Waals surface area contributed by atoms with E-state index < -0.39 is 0 Å². The zero-order valence-electron chi connectivity index (χ0n) is 17.1. The SMILES string of the molecule is CC(C)(C)c1ccc(C(=O)NC(=S)Nc2ccc(C(=O)N3CCCC3)cc2)cc1. The third-order valence-electron chi connectivity index (χ3n) is 5.02. The first-order valence-corrected chi connectivity index (χ1v) is 10.3. The summed E-state index contributed by atoms with van der Waals surface area (Å²) in [4.78, 5) is 26.7. The molecular weight excluding hydrogens is 382 g/mol. The molecule has 5 nitrogen and oxygen atoms in total. The van der Waals surface area contributed by atoms with Crippen LogP contribution in [-0.4, -0.2) is 34.9 Å². The van der Waals surface area contributed by atoms with Crippen LogP contribution in [0.15, 0.2) is 48.5 Å². The Labute approximate surface area is 177 Å². The van der Waals surface area contributed by atoms with Crippen molar-refractivity contribution in [3.63, 3.8) is 0 Å². The molecule has 1 aliphatic rings. The van der Waals surface area contributed by atoms with Crippen molar-refractivity contribution in [3.8, 4) is 0 Å². The molecule has 0 unspecified atom stereocenters. The highest BCUT2D eigenvalue weighted by atomic mass is 32.1. The van der Waals surface area contributed by atoms with Crippen LogP contribution < -0.4 is 10.6 Å². The third kappa shape index (κ3) is 5.41. The molecule has 3 rings (SSSR count). The molecule has 0 aliphatic carbocycles. The Kier molecular flexibility index (Phi) is 6.33. The highest BCUT2D eigenvalue weighted by Gasteiger charge is 2.19. The monoisotopic (exact) mass is 409 g/mol. The van der Waals surface area contributed by atoms with Crippen molar-refractivity contribution >= 4 is 34.8 Å². The molecule has 0 bridgehead atoms. The lowest BCUT2D eigenvalue weighted by atomic mass is 9.87. The lowest BCUT2D eigenvalue weighted by molar-refractivity contribution is 0.0792. The summed E-state index contributed by atoms with van der Waals surface area (Å²) in [6.45, 7) is 8.04. The number of carbonyl (C=O) groups is 2. The zero-order chi connectivity index (χ0) is 21.0. The fraction of sp³-hybridized carbons (Fsp3) is 0.348. The Morgan fingerprint density at radius 1 is 0.897 bits per heavy atom. The van der Waals surface area contributed by atoms with E-state index in [4.69, 9.17) is 12.2 Å². The molecular formula is C23H27N3O2S. The predicted molar refractivity (Wildman–Crippen MR) is 120 cm³/mol. The minimum atomic E-state index is -0.260. The number of likely N-dealkylation sites (tertiary alicyclic amines) is 1. The number of amides is 2. The van der Waals surface area contributed by atoms with Gasteiger partial charge < -0.3 is 10.2 Å². The van der Waals surface area contributed by atoms with Crippen LogP contribution in [0.5, 0.6) is 0 Å². The lowest BCUT2D eigenvalue weighted by Gasteiger charge is -2.19. The first-order valence-electron chi connectivity index (χ1n) is 9.86. The number of nitrogens with zero attached hydrogens (tertiary/aromatic N) is 1. The molecule has 0 aromatic heterocycles. The van der Waals surface area contributed by atoms with E-state index in [1.807, 2.05) is 17.0 Å². The van der Waals surface area contributed by atoms with Crippen LogP contribution in [0.1, 0.15) is 59.9 Å². The fourth-order valence-corrected chi connectivity index (χ4v) is 3.47. The lowest BCUT2D eigenvalue weighted by Crippen LogP contribution is -2.34. The Hall–Kier alpha value is -2.73. The van der Waals surface area contributed by atoms with Gasteiger partial charge in [0, 0.05) is 29.9 Å². The quantitative estimate of drug-likeness (QED) is 0.740. The van der Waals surface area contributed by atoms with Gasteiger partial charge in [-0.1, -0.05) is 32.9 Å². The minimum Gasteiger partial charge on any atom is -0.339 e. The number of anilines is 1. The van der Waals surface area contributed by atoms with Gasteiger partial charge in [-0.2, -0.15) is 0 Å². The molecule has 2 aromatic carbocycles. The summed E-state index contributed by atoms with van der Waals surface area (Å²) in [5, 5.41) is 5.90. The molecule has 29 heavy (non-hydrogen) atoms. The maximum absolute atomic E-state index is 12.4. The second-order valence-electron chi connectivity index (χ2n) is 8.31. The molecule has 6 heteroatoms. The average Bonchev–Trinajstić information content (AvgIpc) is 3.22. The molecule has 0 atom stereocenters. The van der Waals surface area contributed by atoms with Crippen molar-refractivity contribution < 1.29 is 9.59 Å². The van der Waals surface area contributed by atoms with Gasteiger partial charge in [0.25, 0.3) is 11.8 Å². The molecule has 1 saturated heterocycles. The van der Waals surface area contributed by atoms with Gasteiger partial charge in [0.2, 0.25) is 0 Å². The van der Waals surface area contributed by atoms with Crippen molar-refractivity contribution in [2.75, 3.05) is 18.4 Å². The molecule has 0 saturated carbocycles. The van der Waals surface area contributed by atoms with Gasteiger partial charge in [0.1, 0.15) is 0 Å². The maximum atomic E-state index is 12.4. The van der Waals surface area contributed by atoms with Crippen LogP contribution >= 0.6 is 12.2 Å². The molecule has 1 fully saturated rings. The van der Waals surface area contributed by atoms with Crippen molar-refractivity contribution in [2.45, 2.75) is 39.0 Å². The first kappa shape index (κ1) is 21.0. The number of rotatable bonds is 3. The number of hydrogen-bond acceptors (Lipinski definition) is 3. The van der Waals surface area contributed by atoms with Crippen LogP contribution in [0.25, 0.3) is 0 Å². The van der Waals surface area contributed by atoms with Crippen LogP contribution in [0.4, 0.5) is 5.69 Å². The number of nitrogens with one attached hydrogen (secondary N) is 2. The first-order chi connectivity index (χ1) is 13.7. The highest BCUT2D eigenvalue weighted by molar-refractivity contribution is 7.80. The van der Waals surface area contributed by atoms with E-state index in [9.17, 15) is 9.59 Å². The maximum Gasteiger partial charge on any atom is 0.257 e. The predicted octanol–water partition coefficient (Wildman–Crippen LogP) is 4.35. The Morgan fingerprint density at radius 3 is 2.00 bits per heavy atom. The van der Waals surface area contributed by atoms with E-state index >= 15 is 0 Å². The van der Waals surface area contributed by atoms with Crippen molar-refractivity contribution in [2.24, 2.45) is 0 Å². The van der Waals surface area contributed by atoms with Gasteiger partial charge in [0.15, 0.2) is 5.11 Å². The summed E-state index contributed by atoms with van der Waals surface area (Å²) < 4.78 is 0. The summed E-state index contributed by atoms with van der Waals surface area (Å²) >= 11 is 5.25. The molecule has 0 radical (unpaired) electrons. The fourth-order valence-electron chi connectivity index (χ4n) is 3.26. The number of benzene rings is 2. The number of thiocarbonyl (C=S) groups is 1. The second-order valence-corrected chi connectivity index (χ2v) is 8.72. The number of hydrogen-bond donors (Lipinski definition) is 2. The smallest absolute Gasteiger partial charge is 0.257 e. The van der Waals surface area contributed by atoms with E-state index in [1.165, 1.54) is 5.56 Å². The Balaban J connectivity index is 1.56. The summed E-state index contributed by atoms with van der Waals surface area (Å²) in [6, 6.07) is 14.7. The van der Waals surface area contributed by atoms with Crippen molar-refractivity contribution in [1.29, 1.82) is 0 Å². The summed E-state index contributed by atoms with van der Waals surface area (Å²) in [7, 11) is 0. The third-order valence-corrected chi connectivity index (χ3v) is 5.23. The van der Waals surface area contributed by atoms with E-state index in [2.05, 4.69) is 31.4 Å². The largest absolute Gasteiger partial charge is 0.339 e. The molecule has 1 aliphatic heterocycles. The van der Waals surface area contributed by atoms with Crippen molar-refractivity contribution in [3.05, 3.63) is 65.2 Å². The van der Waals surface area contributed by atoms with Gasteiger partial charge in [-0.05, 0) is 72.4 Å².